The fourth-order valence-electron chi connectivity index (χ4n) is 6.99. The number of hydrogen-bond donors (Lipinski definition) is 10. The van der Waals surface area contributed by atoms with Crippen LogP contribution < -0.4 is 44.6 Å². The zero-order chi connectivity index (χ0) is 48.5. The van der Waals surface area contributed by atoms with Crippen LogP contribution in [-0.4, -0.2) is 103 Å². The molecule has 0 bridgehead atoms. The average Bonchev–Trinajstić information content (AvgIpc) is 3.30. The highest BCUT2D eigenvalue weighted by atomic mass is 16.6. The number of anilines is 2. The molecule has 4 aromatic rings. The van der Waals surface area contributed by atoms with Crippen LogP contribution in [0.5, 0.6) is 0 Å². The molecule has 2 aromatic heterocycles. The van der Waals surface area contributed by atoms with Gasteiger partial charge in [0.15, 0.2) is 34.7 Å². The minimum absolute atomic E-state index is 0.0617. The second kappa shape index (κ2) is 23.8. The van der Waals surface area contributed by atoms with E-state index in [1.807, 2.05) is 12.1 Å². The molecule has 22 heteroatoms. The fourth-order valence-corrected chi connectivity index (χ4v) is 6.99. The third-order valence-electron chi connectivity index (χ3n) is 10.1. The number of carbonyl (C=O) groups excluding carboxylic acids is 3. The van der Waals surface area contributed by atoms with E-state index < -0.39 is 34.9 Å². The lowest BCUT2D eigenvalue weighted by atomic mass is 9.91. The van der Waals surface area contributed by atoms with Crippen molar-refractivity contribution in [3.05, 3.63) is 85.5 Å². The molecule has 2 aliphatic rings. The zero-order valence-electron chi connectivity index (χ0n) is 37.6. The summed E-state index contributed by atoms with van der Waals surface area (Å²) in [5.74, 6) is -1.35. The van der Waals surface area contributed by atoms with Crippen molar-refractivity contribution in [1.29, 1.82) is 10.8 Å². The summed E-state index contributed by atoms with van der Waals surface area (Å²) < 4.78 is 5.37. The number of primary amides is 2. The number of alkyl carbamates (subject to hydrolysis) is 1. The lowest BCUT2D eigenvalue weighted by Gasteiger charge is -2.30. The molecule has 2 heterocycles. The van der Waals surface area contributed by atoms with Crippen molar-refractivity contribution in [2.75, 3.05) is 10.6 Å². The highest BCUT2D eigenvalue weighted by Crippen LogP contribution is 2.24. The van der Waals surface area contributed by atoms with Gasteiger partial charge in [0, 0.05) is 53.3 Å². The molecule has 22 nitrogen and oxygen atoms in total. The number of nitrogens with two attached hydrogens (primary N) is 5. The summed E-state index contributed by atoms with van der Waals surface area (Å²) in [6.07, 6.45) is 13.0. The van der Waals surface area contributed by atoms with Gasteiger partial charge < -0.3 is 49.4 Å². The van der Waals surface area contributed by atoms with Gasteiger partial charge in [-0.15, -0.1) is 0 Å². The molecule has 67 heavy (non-hydrogen) atoms. The first kappa shape index (κ1) is 50.0. The summed E-state index contributed by atoms with van der Waals surface area (Å²) in [6.45, 7) is 5.38. The molecule has 0 unspecified atom stereocenters. The Balaban J connectivity index is 0.000000256. The maximum Gasteiger partial charge on any atom is 0.407 e. The van der Waals surface area contributed by atoms with Crippen molar-refractivity contribution in [1.82, 2.24) is 25.3 Å². The van der Waals surface area contributed by atoms with Gasteiger partial charge in [0.05, 0.1) is 18.1 Å². The summed E-state index contributed by atoms with van der Waals surface area (Å²) in [6, 6.07) is 16.8. The largest absolute Gasteiger partial charge is 0.444 e. The van der Waals surface area contributed by atoms with Crippen LogP contribution in [0.1, 0.15) is 72.1 Å². The van der Waals surface area contributed by atoms with Gasteiger partial charge in [-0.2, -0.15) is 9.98 Å². The molecular formula is C45H58N18O4. The lowest BCUT2D eigenvalue weighted by Crippen LogP contribution is -2.46. The van der Waals surface area contributed by atoms with Gasteiger partial charge in [-0.05, 0) is 82.9 Å². The zero-order valence-corrected chi connectivity index (χ0v) is 37.6. The van der Waals surface area contributed by atoms with Crippen LogP contribution in [0.15, 0.2) is 105 Å². The first-order valence-corrected chi connectivity index (χ1v) is 21.6. The number of aliphatic imine (C=N–C) groups is 4. The summed E-state index contributed by atoms with van der Waals surface area (Å²) in [5, 5.41) is 24.8. The number of amides is 3. The first-order valence-electron chi connectivity index (χ1n) is 21.6. The highest BCUT2D eigenvalue weighted by molar-refractivity contribution is 6.68. The minimum Gasteiger partial charge on any atom is -0.444 e. The molecule has 4 atom stereocenters. The van der Waals surface area contributed by atoms with E-state index in [1.54, 1.807) is 94.1 Å². The average molecular weight is 915 g/mol. The van der Waals surface area contributed by atoms with Crippen LogP contribution in [0.25, 0.3) is 22.8 Å². The molecule has 2 saturated carbocycles. The normalized spacial score (nSPS) is 19.2. The van der Waals surface area contributed by atoms with Crippen LogP contribution >= 0.6 is 0 Å². The molecule has 352 valence electrons. The van der Waals surface area contributed by atoms with Crippen molar-refractivity contribution >= 4 is 64.3 Å². The molecule has 2 fully saturated rings. The van der Waals surface area contributed by atoms with Gasteiger partial charge in [0.1, 0.15) is 5.60 Å². The summed E-state index contributed by atoms with van der Waals surface area (Å²) >= 11 is 0. The monoisotopic (exact) mass is 914 g/mol. The Morgan fingerprint density at radius 3 is 1.52 bits per heavy atom. The van der Waals surface area contributed by atoms with Gasteiger partial charge in [-0.3, -0.25) is 20.4 Å². The van der Waals surface area contributed by atoms with Gasteiger partial charge in [-0.25, -0.2) is 34.7 Å². The van der Waals surface area contributed by atoms with Crippen LogP contribution in [-0.2, 0) is 14.3 Å². The number of nitrogens with one attached hydrogen (secondary N) is 5. The van der Waals surface area contributed by atoms with E-state index in [-0.39, 0.29) is 47.8 Å². The quantitative estimate of drug-likeness (QED) is 0.0760. The van der Waals surface area contributed by atoms with Gasteiger partial charge in [-0.1, -0.05) is 49.9 Å². The number of rotatable bonds is 11. The molecule has 6 rings (SSSR count). The van der Waals surface area contributed by atoms with Crippen molar-refractivity contribution in [2.24, 2.45) is 48.6 Å². The fraction of sp³-hybridized carbons (Fsp3) is 0.356. The van der Waals surface area contributed by atoms with Crippen molar-refractivity contribution in [3.63, 3.8) is 0 Å². The molecule has 0 saturated heterocycles. The minimum atomic E-state index is -0.983. The van der Waals surface area contributed by atoms with E-state index >= 15 is 0 Å². The lowest BCUT2D eigenvalue weighted by molar-refractivity contribution is -0.112. The number of aromatic nitrogens is 4. The summed E-state index contributed by atoms with van der Waals surface area (Å²) in [5.41, 5.74) is 29.7. The Kier molecular flexibility index (Phi) is 17.7. The third-order valence-corrected chi connectivity index (χ3v) is 10.1. The Morgan fingerprint density at radius 2 is 1.07 bits per heavy atom. The van der Waals surface area contributed by atoms with E-state index in [9.17, 15) is 14.4 Å². The molecule has 2 aliphatic carbocycles. The number of amidine groups is 2. The summed E-state index contributed by atoms with van der Waals surface area (Å²) in [4.78, 5) is 69.8. The predicted molar refractivity (Wildman–Crippen MR) is 260 cm³/mol. The van der Waals surface area contributed by atoms with E-state index in [0.717, 1.165) is 49.7 Å². The van der Waals surface area contributed by atoms with Gasteiger partial charge in [0.2, 0.25) is 11.9 Å². The molecule has 0 spiro atoms. The molecular weight excluding hydrogens is 857 g/mol. The predicted octanol–water partition coefficient (Wildman–Crippen LogP) is 3.65. The van der Waals surface area contributed by atoms with Crippen molar-refractivity contribution < 1.29 is 19.1 Å². The number of ether oxygens (including phenoxy) is 1. The first-order chi connectivity index (χ1) is 31.9. The van der Waals surface area contributed by atoms with Crippen molar-refractivity contribution in [3.8, 4) is 22.8 Å². The second-order valence-corrected chi connectivity index (χ2v) is 16.6. The Bertz CT molecular complexity index is 2510. The van der Waals surface area contributed by atoms with Crippen molar-refractivity contribution in [2.45, 2.75) is 102 Å². The Hall–Kier alpha value is -8.01. The van der Waals surface area contributed by atoms with E-state index in [4.69, 9.17) is 44.2 Å². The highest BCUT2D eigenvalue weighted by Gasteiger charge is 2.29. The molecule has 15 N–H and O–H groups in total. The van der Waals surface area contributed by atoms with Crippen LogP contribution in [0.3, 0.4) is 0 Å². The SMILES string of the molecule is CC(C)(C)OC(=O)N[C@H]1CCCC[C@H]1N=C(N)N=C(Nc1cccc(-c2ncccn2)c1)C(=N)C(N)=O.N=C(C(N)=O)C(=NC(N)=N[C@@H]1CCCC[C@@H]1N)Nc1cccc(-c2ncccn2)c1. The van der Waals surface area contributed by atoms with Gasteiger partial charge in [0.25, 0.3) is 11.8 Å². The smallest absolute Gasteiger partial charge is 0.407 e. The Morgan fingerprint density at radius 1 is 0.642 bits per heavy atom. The van der Waals surface area contributed by atoms with E-state index in [1.165, 1.54) is 0 Å². The Labute approximate surface area is 387 Å². The number of hydrogen-bond acceptors (Lipinski definition) is 13. The second-order valence-electron chi connectivity index (χ2n) is 16.6. The summed E-state index contributed by atoms with van der Waals surface area (Å²) in [7, 11) is 0. The molecule has 0 aliphatic heterocycles. The maximum atomic E-state index is 12.3. The maximum absolute atomic E-state index is 12.3. The number of benzene rings is 2. The molecule has 0 radical (unpaired) electrons. The molecule has 3 amide bonds. The number of nitrogens with zero attached hydrogens (tertiary/aromatic N) is 8. The van der Waals surface area contributed by atoms with Crippen LogP contribution in [0, 0.1) is 10.8 Å². The van der Waals surface area contributed by atoms with E-state index in [0.29, 0.717) is 35.9 Å². The van der Waals surface area contributed by atoms with Crippen LogP contribution in [0.2, 0.25) is 0 Å². The molecule has 2 aromatic carbocycles. The standard InChI is InChI=1S/C25H33N9O3.C20H25N9O/c1-25(2,3)37-24(36)33-18-11-5-4-10-17(18)32-23(28)34-22(19(26)20(27)35)31-16-9-6-8-15(14-16)21-29-12-7-13-30-21;21-14-7-1-2-8-15(14)28-20(24)29-19(16(22)17(23)30)27-13-6-3-5-12(11-13)18-25-9-4-10-26-18/h6-9,12-14,17-18,26H,4-5,10-11H2,1-3H3,(H2,27,35)(H,33,36)(H3,28,31,32,34);3-6,9-11,14-15,22H,1-2,7-8,21H2,(H2,23,30)(H3,24,27,28,29)/t17-,18+;14-,15+/m10/s1. The van der Waals surface area contributed by atoms with Crippen LogP contribution in [0.4, 0.5) is 16.2 Å². The third kappa shape index (κ3) is 15.9. The number of guanidine groups is 2. The number of carbonyl (C=O) groups is 3. The van der Waals surface area contributed by atoms with E-state index in [2.05, 4.69) is 55.9 Å². The van der Waals surface area contributed by atoms with Gasteiger partial charge >= 0.3 is 6.09 Å². The topological polar surface area (TPSA) is 375 Å².